The number of benzene rings is 1. The molecule has 1 heterocycles. The number of nitrogens with two attached hydrogens (primary N) is 1. The van der Waals surface area contributed by atoms with Crippen molar-refractivity contribution in [1.82, 2.24) is 4.98 Å². The molecule has 1 aromatic heterocycles. The normalized spacial score (nSPS) is 10.5. The van der Waals surface area contributed by atoms with Crippen LogP contribution in [0, 0.1) is 5.82 Å². The molecule has 2 aromatic rings. The lowest BCUT2D eigenvalue weighted by Gasteiger charge is -1.94. The second-order valence-corrected chi connectivity index (χ2v) is 3.09. The number of halogens is 1. The highest BCUT2D eigenvalue weighted by Crippen LogP contribution is 2.19. The third-order valence-corrected chi connectivity index (χ3v) is 2.11. The fourth-order valence-electron chi connectivity index (χ4n) is 1.41. The van der Waals surface area contributed by atoms with E-state index in [4.69, 9.17) is 5.73 Å². The van der Waals surface area contributed by atoms with Crippen molar-refractivity contribution < 1.29 is 14.0 Å². The molecule has 15 heavy (non-hydrogen) atoms. The van der Waals surface area contributed by atoms with E-state index in [2.05, 4.69) is 4.98 Å². The second kappa shape index (κ2) is 3.20. The maximum Gasteiger partial charge on any atom is 0.289 e. The van der Waals surface area contributed by atoms with Gasteiger partial charge in [-0.2, -0.15) is 0 Å². The molecule has 2 rings (SSSR count). The summed E-state index contributed by atoms with van der Waals surface area (Å²) in [6.07, 6.45) is 1.34. The number of H-pyrrole nitrogens is 1. The van der Waals surface area contributed by atoms with Crippen LogP contribution in [0.3, 0.4) is 0 Å². The van der Waals surface area contributed by atoms with Crippen molar-refractivity contribution in [2.75, 3.05) is 0 Å². The minimum absolute atomic E-state index is 0.0944. The summed E-state index contributed by atoms with van der Waals surface area (Å²) < 4.78 is 12.9. The van der Waals surface area contributed by atoms with Gasteiger partial charge in [-0.15, -0.1) is 0 Å². The lowest BCUT2D eigenvalue weighted by molar-refractivity contribution is -0.114. The van der Waals surface area contributed by atoms with Crippen LogP contribution < -0.4 is 5.73 Å². The number of hydrogen-bond donors (Lipinski definition) is 2. The number of amides is 1. The maximum atomic E-state index is 12.9. The number of rotatable bonds is 2. The van der Waals surface area contributed by atoms with E-state index in [0.29, 0.717) is 10.9 Å². The molecule has 1 aromatic carbocycles. The van der Waals surface area contributed by atoms with Gasteiger partial charge in [0.1, 0.15) is 5.82 Å². The Balaban J connectivity index is 2.67. The first-order valence-electron chi connectivity index (χ1n) is 4.20. The lowest BCUT2D eigenvalue weighted by Crippen LogP contribution is -2.22. The molecule has 0 saturated carbocycles. The molecule has 4 nitrogen and oxygen atoms in total. The molecule has 0 aliphatic heterocycles. The number of primary amides is 1. The molecule has 0 unspecified atom stereocenters. The van der Waals surface area contributed by atoms with Crippen LogP contribution in [0.25, 0.3) is 10.9 Å². The Morgan fingerprint density at radius 2 is 2.07 bits per heavy atom. The second-order valence-electron chi connectivity index (χ2n) is 3.09. The third kappa shape index (κ3) is 1.48. The van der Waals surface area contributed by atoms with Crippen LogP contribution in [0.2, 0.25) is 0 Å². The zero-order chi connectivity index (χ0) is 11.0. The third-order valence-electron chi connectivity index (χ3n) is 2.11. The molecule has 0 radical (unpaired) electrons. The van der Waals surface area contributed by atoms with E-state index in [9.17, 15) is 14.0 Å². The zero-order valence-electron chi connectivity index (χ0n) is 7.58. The minimum Gasteiger partial charge on any atom is -0.363 e. The Labute approximate surface area is 83.9 Å². The molecule has 0 aliphatic rings. The van der Waals surface area contributed by atoms with Gasteiger partial charge in [0.05, 0.1) is 5.56 Å². The molecular formula is C10H7FN2O2. The van der Waals surface area contributed by atoms with Crippen molar-refractivity contribution >= 4 is 22.6 Å². The minimum atomic E-state index is -1.06. The molecule has 0 saturated heterocycles. The molecule has 0 aliphatic carbocycles. The van der Waals surface area contributed by atoms with Crippen LogP contribution >= 0.6 is 0 Å². The number of aromatic nitrogens is 1. The molecule has 0 atom stereocenters. The highest BCUT2D eigenvalue weighted by molar-refractivity contribution is 6.44. The van der Waals surface area contributed by atoms with Gasteiger partial charge in [0.2, 0.25) is 0 Å². The number of carbonyl (C=O) groups is 2. The van der Waals surface area contributed by atoms with Crippen LogP contribution in [0.15, 0.2) is 24.4 Å². The van der Waals surface area contributed by atoms with E-state index in [1.54, 1.807) is 0 Å². The standard InChI is InChI=1S/C10H7FN2O2/c11-5-1-2-8-6(3-5)7(4-13-8)9(14)10(12)15/h1-4,13H,(H2,12,15). The zero-order valence-corrected chi connectivity index (χ0v) is 7.58. The molecule has 76 valence electrons. The first kappa shape index (κ1) is 9.39. The lowest BCUT2D eigenvalue weighted by atomic mass is 10.1. The number of Topliss-reactive ketones (excluding diaryl/α,β-unsaturated/α-hetero) is 1. The average Bonchev–Trinajstić information content (AvgIpc) is 2.59. The molecular weight excluding hydrogens is 199 g/mol. The van der Waals surface area contributed by atoms with Gasteiger partial charge in [-0.25, -0.2) is 4.39 Å². The summed E-state index contributed by atoms with van der Waals surface area (Å²) in [4.78, 5) is 24.8. The summed E-state index contributed by atoms with van der Waals surface area (Å²) in [5, 5.41) is 0.360. The fourth-order valence-corrected chi connectivity index (χ4v) is 1.41. The Hall–Kier alpha value is -2.17. The molecule has 0 spiro atoms. The van der Waals surface area contributed by atoms with Crippen molar-refractivity contribution in [1.29, 1.82) is 0 Å². The summed E-state index contributed by atoms with van der Waals surface area (Å²) in [5.41, 5.74) is 5.54. The molecule has 1 amide bonds. The number of fused-ring (bicyclic) bond motifs is 1. The highest BCUT2D eigenvalue weighted by Gasteiger charge is 2.16. The van der Waals surface area contributed by atoms with Gasteiger partial charge in [0.25, 0.3) is 11.7 Å². The topological polar surface area (TPSA) is 76.0 Å². The van der Waals surface area contributed by atoms with Gasteiger partial charge in [-0.05, 0) is 18.2 Å². The van der Waals surface area contributed by atoms with Gasteiger partial charge in [0, 0.05) is 17.1 Å². The Kier molecular flexibility index (Phi) is 2.00. The van der Waals surface area contributed by atoms with E-state index >= 15 is 0 Å². The molecule has 3 N–H and O–H groups in total. The number of hydrogen-bond acceptors (Lipinski definition) is 2. The Bertz CT molecular complexity index is 560. The van der Waals surface area contributed by atoms with E-state index in [1.807, 2.05) is 0 Å². The SMILES string of the molecule is NC(=O)C(=O)c1c[nH]c2ccc(F)cc12. The molecule has 0 bridgehead atoms. The Morgan fingerprint density at radius 3 is 2.73 bits per heavy atom. The van der Waals surface area contributed by atoms with Crippen molar-refractivity contribution in [3.8, 4) is 0 Å². The van der Waals surface area contributed by atoms with Crippen molar-refractivity contribution in [3.63, 3.8) is 0 Å². The predicted molar refractivity (Wildman–Crippen MR) is 51.8 cm³/mol. The molecule has 5 heteroatoms. The number of carbonyl (C=O) groups excluding carboxylic acids is 2. The van der Waals surface area contributed by atoms with Crippen LogP contribution in [-0.4, -0.2) is 16.7 Å². The summed E-state index contributed by atoms with van der Waals surface area (Å²) in [6.45, 7) is 0. The van der Waals surface area contributed by atoms with Crippen LogP contribution in [0.4, 0.5) is 4.39 Å². The maximum absolute atomic E-state index is 12.9. The van der Waals surface area contributed by atoms with E-state index < -0.39 is 17.5 Å². The van der Waals surface area contributed by atoms with Crippen molar-refractivity contribution in [2.24, 2.45) is 5.73 Å². The first-order valence-corrected chi connectivity index (χ1v) is 4.20. The van der Waals surface area contributed by atoms with Crippen molar-refractivity contribution in [3.05, 3.63) is 35.8 Å². The quantitative estimate of drug-likeness (QED) is 0.567. The van der Waals surface area contributed by atoms with Gasteiger partial charge < -0.3 is 10.7 Å². The van der Waals surface area contributed by atoms with Gasteiger partial charge in [0.15, 0.2) is 0 Å². The largest absolute Gasteiger partial charge is 0.363 e. The summed E-state index contributed by atoms with van der Waals surface area (Å²) in [5.74, 6) is -2.35. The summed E-state index contributed by atoms with van der Waals surface area (Å²) in [6, 6.07) is 3.93. The van der Waals surface area contributed by atoms with Crippen LogP contribution in [0.1, 0.15) is 10.4 Å². The van der Waals surface area contributed by atoms with Gasteiger partial charge in [-0.1, -0.05) is 0 Å². The van der Waals surface area contributed by atoms with E-state index in [-0.39, 0.29) is 5.56 Å². The smallest absolute Gasteiger partial charge is 0.289 e. The molecule has 0 fully saturated rings. The summed E-state index contributed by atoms with van der Waals surface area (Å²) in [7, 11) is 0. The number of aromatic amines is 1. The van der Waals surface area contributed by atoms with Crippen LogP contribution in [-0.2, 0) is 4.79 Å². The monoisotopic (exact) mass is 206 g/mol. The van der Waals surface area contributed by atoms with Gasteiger partial charge >= 0.3 is 0 Å². The summed E-state index contributed by atoms with van der Waals surface area (Å²) >= 11 is 0. The number of nitrogens with one attached hydrogen (secondary N) is 1. The Morgan fingerprint density at radius 1 is 1.33 bits per heavy atom. The highest BCUT2D eigenvalue weighted by atomic mass is 19.1. The van der Waals surface area contributed by atoms with Crippen molar-refractivity contribution in [2.45, 2.75) is 0 Å². The number of ketones is 1. The average molecular weight is 206 g/mol. The van der Waals surface area contributed by atoms with Gasteiger partial charge in [-0.3, -0.25) is 9.59 Å². The van der Waals surface area contributed by atoms with E-state index in [0.717, 1.165) is 0 Å². The predicted octanol–water partition coefficient (Wildman–Crippen LogP) is 0.975. The first-order chi connectivity index (χ1) is 7.09. The van der Waals surface area contributed by atoms with E-state index in [1.165, 1.54) is 24.4 Å². The van der Waals surface area contributed by atoms with Crippen LogP contribution in [0.5, 0.6) is 0 Å². The fraction of sp³-hybridized carbons (Fsp3) is 0.